The molecule has 1 aromatic heterocycles. The summed E-state index contributed by atoms with van der Waals surface area (Å²) in [5.41, 5.74) is 0.719. The minimum atomic E-state index is -0.781. The van der Waals surface area contributed by atoms with Crippen LogP contribution in [0.1, 0.15) is 31.0 Å². The Morgan fingerprint density at radius 3 is 2.50 bits per heavy atom. The number of likely N-dealkylation sites (N-methyl/N-ethyl adjacent to an activating group) is 1. The number of nitrogens with zero attached hydrogens (tertiary/aromatic N) is 2. The summed E-state index contributed by atoms with van der Waals surface area (Å²) in [7, 11) is 1.83. The first-order valence-electron chi connectivity index (χ1n) is 7.73. The monoisotopic (exact) mass is 333 g/mol. The van der Waals surface area contributed by atoms with E-state index in [1.165, 1.54) is 0 Å². The molecule has 2 rings (SSSR count). The molecule has 6 heteroatoms. The summed E-state index contributed by atoms with van der Waals surface area (Å²) in [5.74, 6) is -1.40. The molecule has 0 aliphatic heterocycles. The molecule has 0 radical (unpaired) electrons. The van der Waals surface area contributed by atoms with Gasteiger partial charge in [-0.15, -0.1) is 0 Å². The molecule has 0 bridgehead atoms. The van der Waals surface area contributed by atoms with E-state index >= 15 is 0 Å². The van der Waals surface area contributed by atoms with Gasteiger partial charge >= 0.3 is 0 Å². The molecule has 0 aliphatic rings. The van der Waals surface area contributed by atoms with E-state index in [9.17, 15) is 13.6 Å². The Balaban J connectivity index is 2.31. The van der Waals surface area contributed by atoms with Crippen molar-refractivity contribution in [2.75, 3.05) is 13.6 Å². The van der Waals surface area contributed by atoms with Gasteiger partial charge in [0.2, 0.25) is 5.91 Å². The predicted octanol–water partition coefficient (Wildman–Crippen LogP) is 2.91. The van der Waals surface area contributed by atoms with Crippen LogP contribution in [0, 0.1) is 11.6 Å². The highest BCUT2D eigenvalue weighted by molar-refractivity contribution is 5.79. The van der Waals surface area contributed by atoms with Crippen LogP contribution in [-0.2, 0) is 4.79 Å². The summed E-state index contributed by atoms with van der Waals surface area (Å²) < 4.78 is 27.8. The molecule has 1 N–H and O–H groups in total. The van der Waals surface area contributed by atoms with E-state index in [4.69, 9.17) is 0 Å². The standard InChI is InChI=1S/C18H21F2N3O/c1-12(2)23(3)11-17(24)22-18(13-6-8-21-9-7-13)15-10-14(19)4-5-16(15)20/h4-10,12,18H,11H2,1-3H3,(H,22,24). The molecule has 0 aliphatic carbocycles. The van der Waals surface area contributed by atoms with Crippen LogP contribution in [-0.4, -0.2) is 35.4 Å². The molecule has 0 fully saturated rings. The Bertz CT molecular complexity index is 692. The van der Waals surface area contributed by atoms with Crippen LogP contribution < -0.4 is 5.32 Å². The van der Waals surface area contributed by atoms with Crippen molar-refractivity contribution in [2.24, 2.45) is 0 Å². The van der Waals surface area contributed by atoms with E-state index in [0.717, 1.165) is 18.2 Å². The van der Waals surface area contributed by atoms with Crippen molar-refractivity contribution in [2.45, 2.75) is 25.9 Å². The Labute approximate surface area is 140 Å². The van der Waals surface area contributed by atoms with Gasteiger partial charge in [-0.2, -0.15) is 0 Å². The summed E-state index contributed by atoms with van der Waals surface area (Å²) in [4.78, 5) is 18.1. The number of benzene rings is 1. The van der Waals surface area contributed by atoms with E-state index in [2.05, 4.69) is 10.3 Å². The maximum Gasteiger partial charge on any atom is 0.234 e. The Morgan fingerprint density at radius 2 is 1.88 bits per heavy atom. The van der Waals surface area contributed by atoms with Crippen LogP contribution in [0.2, 0.25) is 0 Å². The van der Waals surface area contributed by atoms with E-state index < -0.39 is 17.7 Å². The SMILES string of the molecule is CC(C)N(C)CC(=O)NC(c1ccncc1)c1cc(F)ccc1F. The zero-order valence-corrected chi connectivity index (χ0v) is 14.0. The fraction of sp³-hybridized carbons (Fsp3) is 0.333. The number of rotatable bonds is 6. The largest absolute Gasteiger partial charge is 0.344 e. The lowest BCUT2D eigenvalue weighted by atomic mass is 9.99. The Kier molecular flexibility index (Phi) is 5.98. The molecule has 24 heavy (non-hydrogen) atoms. The van der Waals surface area contributed by atoms with Crippen molar-refractivity contribution in [1.29, 1.82) is 0 Å². The Morgan fingerprint density at radius 1 is 1.21 bits per heavy atom. The van der Waals surface area contributed by atoms with Crippen LogP contribution in [0.25, 0.3) is 0 Å². The van der Waals surface area contributed by atoms with Crippen LogP contribution >= 0.6 is 0 Å². The van der Waals surface area contributed by atoms with Crippen molar-refractivity contribution in [3.63, 3.8) is 0 Å². The van der Waals surface area contributed by atoms with Gasteiger partial charge in [-0.1, -0.05) is 0 Å². The quantitative estimate of drug-likeness (QED) is 0.884. The third-order valence-corrected chi connectivity index (χ3v) is 3.89. The van der Waals surface area contributed by atoms with Crippen molar-refractivity contribution < 1.29 is 13.6 Å². The first kappa shape index (κ1) is 18.0. The van der Waals surface area contributed by atoms with Crippen molar-refractivity contribution in [1.82, 2.24) is 15.2 Å². The maximum absolute atomic E-state index is 14.2. The van der Waals surface area contributed by atoms with Gasteiger partial charge in [0, 0.05) is 24.0 Å². The molecule has 128 valence electrons. The molecule has 1 heterocycles. The molecular weight excluding hydrogens is 312 g/mol. The second kappa shape index (κ2) is 7.97. The molecular formula is C18H21F2N3O. The topological polar surface area (TPSA) is 45.2 Å². The number of nitrogens with one attached hydrogen (secondary N) is 1. The minimum Gasteiger partial charge on any atom is -0.344 e. The van der Waals surface area contributed by atoms with Crippen LogP contribution in [0.4, 0.5) is 8.78 Å². The first-order valence-corrected chi connectivity index (χ1v) is 7.73. The average molecular weight is 333 g/mol. The zero-order chi connectivity index (χ0) is 17.7. The van der Waals surface area contributed by atoms with Gasteiger partial charge in [0.25, 0.3) is 0 Å². The third kappa shape index (κ3) is 4.58. The maximum atomic E-state index is 14.2. The van der Waals surface area contributed by atoms with E-state index in [0.29, 0.717) is 5.56 Å². The fourth-order valence-electron chi connectivity index (χ4n) is 2.25. The van der Waals surface area contributed by atoms with Crippen LogP contribution in [0.5, 0.6) is 0 Å². The van der Waals surface area contributed by atoms with Gasteiger partial charge in [0.05, 0.1) is 12.6 Å². The summed E-state index contributed by atoms with van der Waals surface area (Å²) in [6, 6.07) is 5.97. The molecule has 4 nitrogen and oxygen atoms in total. The lowest BCUT2D eigenvalue weighted by Gasteiger charge is -2.24. The lowest BCUT2D eigenvalue weighted by molar-refractivity contribution is -0.122. The van der Waals surface area contributed by atoms with Gasteiger partial charge in [0.15, 0.2) is 0 Å². The molecule has 1 amide bonds. The molecule has 1 atom stereocenters. The number of carbonyl (C=O) groups excluding carboxylic acids is 1. The van der Waals surface area contributed by atoms with Crippen molar-refractivity contribution in [3.05, 3.63) is 65.5 Å². The highest BCUT2D eigenvalue weighted by Gasteiger charge is 2.22. The second-order valence-electron chi connectivity index (χ2n) is 5.96. The zero-order valence-electron chi connectivity index (χ0n) is 14.0. The second-order valence-corrected chi connectivity index (χ2v) is 5.96. The van der Waals surface area contributed by atoms with Gasteiger partial charge in [-0.05, 0) is 56.8 Å². The average Bonchev–Trinajstić information content (AvgIpc) is 2.55. The smallest absolute Gasteiger partial charge is 0.234 e. The number of carbonyl (C=O) groups is 1. The number of amides is 1. The normalized spacial score (nSPS) is 12.5. The van der Waals surface area contributed by atoms with Gasteiger partial charge in [0.1, 0.15) is 11.6 Å². The van der Waals surface area contributed by atoms with Gasteiger partial charge < -0.3 is 5.32 Å². The van der Waals surface area contributed by atoms with Gasteiger partial charge in [-0.25, -0.2) is 8.78 Å². The summed E-state index contributed by atoms with van der Waals surface area (Å²) in [5, 5.41) is 2.79. The summed E-state index contributed by atoms with van der Waals surface area (Å²) in [6.07, 6.45) is 3.10. The molecule has 1 aromatic carbocycles. The van der Waals surface area contributed by atoms with Crippen molar-refractivity contribution in [3.8, 4) is 0 Å². The number of pyridine rings is 1. The summed E-state index contributed by atoms with van der Waals surface area (Å²) >= 11 is 0. The lowest BCUT2D eigenvalue weighted by Crippen LogP contribution is -2.40. The minimum absolute atomic E-state index is 0.0850. The van der Waals surface area contributed by atoms with E-state index in [1.807, 2.05) is 25.8 Å². The van der Waals surface area contributed by atoms with Crippen molar-refractivity contribution >= 4 is 5.91 Å². The molecule has 0 saturated heterocycles. The molecule has 0 saturated carbocycles. The molecule has 2 aromatic rings. The number of hydrogen-bond acceptors (Lipinski definition) is 3. The highest BCUT2D eigenvalue weighted by Crippen LogP contribution is 2.25. The highest BCUT2D eigenvalue weighted by atomic mass is 19.1. The summed E-state index contributed by atoms with van der Waals surface area (Å²) in [6.45, 7) is 4.11. The predicted molar refractivity (Wildman–Crippen MR) is 88.3 cm³/mol. The Hall–Kier alpha value is -2.34. The fourth-order valence-corrected chi connectivity index (χ4v) is 2.25. The first-order chi connectivity index (χ1) is 11.4. The molecule has 1 unspecified atom stereocenters. The molecule has 0 spiro atoms. The number of aromatic nitrogens is 1. The van der Waals surface area contributed by atoms with E-state index in [-0.39, 0.29) is 24.1 Å². The van der Waals surface area contributed by atoms with Crippen LogP contribution in [0.15, 0.2) is 42.7 Å². The number of halogens is 2. The third-order valence-electron chi connectivity index (χ3n) is 3.89. The van der Waals surface area contributed by atoms with Crippen LogP contribution in [0.3, 0.4) is 0 Å². The van der Waals surface area contributed by atoms with E-state index in [1.54, 1.807) is 24.5 Å². The number of hydrogen-bond donors (Lipinski definition) is 1. The van der Waals surface area contributed by atoms with Gasteiger partial charge in [-0.3, -0.25) is 14.7 Å².